The minimum absolute atomic E-state index is 0.236. The van der Waals surface area contributed by atoms with Crippen LogP contribution in [-0.2, 0) is 25.4 Å². The lowest BCUT2D eigenvalue weighted by Gasteiger charge is -2.17. The first-order valence-electron chi connectivity index (χ1n) is 7.20. The summed E-state index contributed by atoms with van der Waals surface area (Å²) in [5.41, 5.74) is -0.574. The number of hydrogen-bond donors (Lipinski definition) is 0. The van der Waals surface area contributed by atoms with E-state index in [1.807, 2.05) is 6.92 Å². The molecule has 0 saturated carbocycles. The van der Waals surface area contributed by atoms with E-state index in [9.17, 15) is 14.4 Å². The third-order valence-electron chi connectivity index (χ3n) is 3.50. The fourth-order valence-electron chi connectivity index (χ4n) is 2.15. The second-order valence-corrected chi connectivity index (χ2v) is 5.11. The highest BCUT2D eigenvalue weighted by Crippen LogP contribution is 2.06. The Morgan fingerprint density at radius 2 is 2.09 bits per heavy atom. The average Bonchev–Trinajstić information content (AvgIpc) is 3.05. The summed E-state index contributed by atoms with van der Waals surface area (Å²) in [6, 6.07) is 3.56. The molecular formula is C16H19N3O4. The van der Waals surface area contributed by atoms with Gasteiger partial charge in [0.15, 0.2) is 0 Å². The fraction of sp³-hybridized carbons (Fsp3) is 0.312. The Morgan fingerprint density at radius 3 is 2.70 bits per heavy atom. The largest absolute Gasteiger partial charge is 0.467 e. The topological polar surface area (TPSA) is 77.5 Å². The van der Waals surface area contributed by atoms with E-state index in [2.05, 4.69) is 0 Å². The number of carbonyl (C=O) groups is 1. The molecule has 0 bridgehead atoms. The number of likely N-dealkylation sites (N-methyl/N-ethyl adjacent to an activating group) is 1. The standard InChI is InChI=1S/C16H19N3O4/c1-4-19(11-13-6-5-9-23-13)14(20)8-7-12-10-17(2)16(22)18(3)15(12)21/h5-10H,4,11H2,1-3H3. The summed E-state index contributed by atoms with van der Waals surface area (Å²) < 4.78 is 7.54. The van der Waals surface area contributed by atoms with Gasteiger partial charge in [0.2, 0.25) is 5.91 Å². The van der Waals surface area contributed by atoms with Gasteiger partial charge in [0.25, 0.3) is 5.56 Å². The van der Waals surface area contributed by atoms with Crippen molar-refractivity contribution in [3.05, 3.63) is 62.8 Å². The molecule has 23 heavy (non-hydrogen) atoms. The highest BCUT2D eigenvalue weighted by atomic mass is 16.3. The Balaban J connectivity index is 2.20. The van der Waals surface area contributed by atoms with Gasteiger partial charge in [-0.3, -0.25) is 14.2 Å². The van der Waals surface area contributed by atoms with Gasteiger partial charge in [-0.15, -0.1) is 0 Å². The minimum Gasteiger partial charge on any atom is -0.467 e. The average molecular weight is 317 g/mol. The van der Waals surface area contributed by atoms with Gasteiger partial charge in [-0.25, -0.2) is 4.79 Å². The predicted octanol–water partition coefficient (Wildman–Crippen LogP) is 0.739. The summed E-state index contributed by atoms with van der Waals surface area (Å²) in [5, 5.41) is 0. The van der Waals surface area contributed by atoms with E-state index in [1.54, 1.807) is 30.3 Å². The zero-order chi connectivity index (χ0) is 17.0. The van der Waals surface area contributed by atoms with Gasteiger partial charge in [-0.2, -0.15) is 0 Å². The molecule has 0 saturated heterocycles. The smallest absolute Gasteiger partial charge is 0.330 e. The number of aryl methyl sites for hydroxylation is 1. The molecule has 2 rings (SSSR count). The lowest BCUT2D eigenvalue weighted by Crippen LogP contribution is -2.37. The van der Waals surface area contributed by atoms with Gasteiger partial charge in [0, 0.05) is 32.9 Å². The first kappa shape index (κ1) is 16.5. The molecular weight excluding hydrogens is 298 g/mol. The molecule has 0 aliphatic heterocycles. The van der Waals surface area contributed by atoms with Gasteiger partial charge in [-0.05, 0) is 25.1 Å². The number of aromatic nitrogens is 2. The molecule has 0 aliphatic carbocycles. The fourth-order valence-corrected chi connectivity index (χ4v) is 2.15. The van der Waals surface area contributed by atoms with E-state index in [1.165, 1.54) is 30.0 Å². The third-order valence-corrected chi connectivity index (χ3v) is 3.50. The van der Waals surface area contributed by atoms with Crippen LogP contribution < -0.4 is 11.2 Å². The van der Waals surface area contributed by atoms with E-state index in [0.717, 1.165) is 4.57 Å². The maximum Gasteiger partial charge on any atom is 0.330 e. The summed E-state index contributed by atoms with van der Waals surface area (Å²) in [6.07, 6.45) is 5.72. The maximum atomic E-state index is 12.2. The number of amides is 1. The van der Waals surface area contributed by atoms with E-state index in [-0.39, 0.29) is 11.5 Å². The van der Waals surface area contributed by atoms with Crippen molar-refractivity contribution in [2.24, 2.45) is 14.1 Å². The normalized spacial score (nSPS) is 11.1. The van der Waals surface area contributed by atoms with Crippen molar-refractivity contribution in [3.63, 3.8) is 0 Å². The highest BCUT2D eigenvalue weighted by Gasteiger charge is 2.11. The van der Waals surface area contributed by atoms with Gasteiger partial charge >= 0.3 is 5.69 Å². The van der Waals surface area contributed by atoms with Crippen LogP contribution in [0.5, 0.6) is 0 Å². The van der Waals surface area contributed by atoms with Crippen LogP contribution in [0.25, 0.3) is 6.08 Å². The Labute approximate surface area is 133 Å². The summed E-state index contributed by atoms with van der Waals surface area (Å²) in [7, 11) is 2.95. The first-order valence-corrected chi connectivity index (χ1v) is 7.20. The van der Waals surface area contributed by atoms with Crippen LogP contribution in [-0.4, -0.2) is 26.5 Å². The molecule has 0 aromatic carbocycles. The molecule has 0 N–H and O–H groups in total. The second kappa shape index (κ2) is 6.95. The van der Waals surface area contributed by atoms with Crippen molar-refractivity contribution in [1.29, 1.82) is 0 Å². The molecule has 0 radical (unpaired) electrons. The lowest BCUT2D eigenvalue weighted by molar-refractivity contribution is -0.126. The van der Waals surface area contributed by atoms with Gasteiger partial charge in [0.05, 0.1) is 18.4 Å². The van der Waals surface area contributed by atoms with Crippen molar-refractivity contribution in [1.82, 2.24) is 14.0 Å². The molecule has 2 aromatic heterocycles. The lowest BCUT2D eigenvalue weighted by atomic mass is 10.2. The van der Waals surface area contributed by atoms with Crippen LogP contribution in [0.1, 0.15) is 18.2 Å². The summed E-state index contributed by atoms with van der Waals surface area (Å²) >= 11 is 0. The van der Waals surface area contributed by atoms with Gasteiger partial charge in [0.1, 0.15) is 5.76 Å². The zero-order valence-corrected chi connectivity index (χ0v) is 13.4. The molecule has 122 valence electrons. The zero-order valence-electron chi connectivity index (χ0n) is 13.4. The molecule has 0 spiro atoms. The Morgan fingerprint density at radius 1 is 1.35 bits per heavy atom. The molecule has 7 heteroatoms. The first-order chi connectivity index (χ1) is 10.9. The van der Waals surface area contributed by atoms with E-state index < -0.39 is 11.2 Å². The van der Waals surface area contributed by atoms with Crippen molar-refractivity contribution in [2.45, 2.75) is 13.5 Å². The summed E-state index contributed by atoms with van der Waals surface area (Å²) in [6.45, 7) is 2.73. The van der Waals surface area contributed by atoms with E-state index in [0.29, 0.717) is 18.8 Å². The molecule has 0 atom stereocenters. The maximum absolute atomic E-state index is 12.2. The highest BCUT2D eigenvalue weighted by molar-refractivity contribution is 5.91. The Bertz CT molecular complexity index is 828. The van der Waals surface area contributed by atoms with Crippen LogP contribution in [0.2, 0.25) is 0 Å². The summed E-state index contributed by atoms with van der Waals surface area (Å²) in [4.78, 5) is 37.5. The quantitative estimate of drug-likeness (QED) is 0.762. The van der Waals surface area contributed by atoms with E-state index >= 15 is 0 Å². The second-order valence-electron chi connectivity index (χ2n) is 5.11. The molecule has 0 unspecified atom stereocenters. The molecule has 0 aliphatic rings. The number of nitrogens with zero attached hydrogens (tertiary/aromatic N) is 3. The summed E-state index contributed by atoms with van der Waals surface area (Å²) in [5.74, 6) is 0.450. The number of hydrogen-bond acceptors (Lipinski definition) is 4. The minimum atomic E-state index is -0.439. The van der Waals surface area contributed by atoms with Crippen LogP contribution in [0.15, 0.2) is 44.7 Å². The van der Waals surface area contributed by atoms with Gasteiger partial charge < -0.3 is 13.9 Å². The SMILES string of the molecule is CCN(Cc1ccco1)C(=O)C=Cc1cn(C)c(=O)n(C)c1=O. The number of carbonyl (C=O) groups excluding carboxylic acids is 1. The molecule has 2 aromatic rings. The monoisotopic (exact) mass is 317 g/mol. The number of furan rings is 1. The van der Waals surface area contributed by atoms with Crippen LogP contribution in [0.3, 0.4) is 0 Å². The van der Waals surface area contributed by atoms with Crippen molar-refractivity contribution in [3.8, 4) is 0 Å². The molecule has 2 heterocycles. The third kappa shape index (κ3) is 3.68. The molecule has 1 amide bonds. The molecule has 7 nitrogen and oxygen atoms in total. The molecule has 0 fully saturated rings. The van der Waals surface area contributed by atoms with Crippen LogP contribution >= 0.6 is 0 Å². The van der Waals surface area contributed by atoms with Gasteiger partial charge in [-0.1, -0.05) is 0 Å². The van der Waals surface area contributed by atoms with Crippen molar-refractivity contribution >= 4 is 12.0 Å². The predicted molar refractivity (Wildman–Crippen MR) is 85.8 cm³/mol. The van der Waals surface area contributed by atoms with Crippen LogP contribution in [0.4, 0.5) is 0 Å². The van der Waals surface area contributed by atoms with Crippen LogP contribution in [0, 0.1) is 0 Å². The Kier molecular flexibility index (Phi) is 5.00. The van der Waals surface area contributed by atoms with Crippen molar-refractivity contribution in [2.75, 3.05) is 6.54 Å². The number of rotatable bonds is 5. The Hall–Kier alpha value is -2.83. The van der Waals surface area contributed by atoms with Crippen molar-refractivity contribution < 1.29 is 9.21 Å². The van der Waals surface area contributed by atoms with E-state index in [4.69, 9.17) is 4.42 Å².